The second-order valence-corrected chi connectivity index (χ2v) is 6.48. The molecule has 1 saturated heterocycles. The number of hydrogen-bond donors (Lipinski definition) is 0. The van der Waals surface area contributed by atoms with E-state index in [-0.39, 0.29) is 18.4 Å². The molecule has 1 fully saturated rings. The number of fused-ring (bicyclic) bond motifs is 1. The number of alkyl halides is 2. The van der Waals surface area contributed by atoms with Crippen molar-refractivity contribution in [2.24, 2.45) is 0 Å². The van der Waals surface area contributed by atoms with Crippen molar-refractivity contribution < 1.29 is 13.6 Å². The second kappa shape index (κ2) is 6.32. The van der Waals surface area contributed by atoms with Crippen LogP contribution in [0.15, 0.2) is 29.2 Å². The van der Waals surface area contributed by atoms with Gasteiger partial charge in [-0.3, -0.25) is 9.69 Å². The summed E-state index contributed by atoms with van der Waals surface area (Å²) in [4.78, 5) is 17.4. The number of rotatable bonds is 3. The maximum absolute atomic E-state index is 12.6. The molecule has 0 spiro atoms. The predicted octanol–water partition coefficient (Wildman–Crippen LogP) is 2.29. The number of hydrogen-bond acceptors (Lipinski definition) is 3. The van der Waals surface area contributed by atoms with E-state index in [4.69, 9.17) is 0 Å². The Morgan fingerprint density at radius 2 is 1.95 bits per heavy atom. The van der Waals surface area contributed by atoms with Gasteiger partial charge in [0.15, 0.2) is 0 Å². The minimum absolute atomic E-state index is 0.0761. The van der Waals surface area contributed by atoms with E-state index < -0.39 is 6.43 Å². The number of carbonyl (C=O) groups is 1. The maximum Gasteiger partial charge on any atom is 0.251 e. The molecule has 6 heteroatoms. The molecule has 0 radical (unpaired) electrons. The summed E-state index contributed by atoms with van der Waals surface area (Å²) in [5.74, 6) is 0.854. The van der Waals surface area contributed by atoms with Crippen LogP contribution in [0.3, 0.4) is 0 Å². The molecule has 2 aliphatic rings. The fraction of sp³-hybridized carbons (Fsp3) is 0.533. The smallest absolute Gasteiger partial charge is 0.251 e. The number of nitrogens with zero attached hydrogens (tertiary/aromatic N) is 2. The largest absolute Gasteiger partial charge is 0.340 e. The fourth-order valence-corrected chi connectivity index (χ4v) is 4.15. The van der Waals surface area contributed by atoms with E-state index in [1.165, 1.54) is 4.90 Å². The molecule has 21 heavy (non-hydrogen) atoms. The molecular weight excluding hydrogens is 294 g/mol. The van der Waals surface area contributed by atoms with Crippen LogP contribution in [0.25, 0.3) is 0 Å². The van der Waals surface area contributed by atoms with Crippen LogP contribution in [-0.2, 0) is 4.79 Å². The zero-order valence-electron chi connectivity index (χ0n) is 11.7. The van der Waals surface area contributed by atoms with E-state index in [2.05, 4.69) is 0 Å². The van der Waals surface area contributed by atoms with Gasteiger partial charge in [-0.15, -0.1) is 11.8 Å². The van der Waals surface area contributed by atoms with Crippen molar-refractivity contribution in [1.82, 2.24) is 9.80 Å². The zero-order valence-corrected chi connectivity index (χ0v) is 12.5. The standard InChI is InChI=1S/C15H18F2N2OS/c16-14(17)9-18-5-7-19(8-6-18)15(20)12-10-21-13-4-2-1-3-11(12)13/h1-4,12,14H,5-10H2. The SMILES string of the molecule is O=C(C1CSc2ccccc21)N1CCN(CC(F)F)CC1. The summed E-state index contributed by atoms with van der Waals surface area (Å²) in [5.41, 5.74) is 1.11. The summed E-state index contributed by atoms with van der Waals surface area (Å²) < 4.78 is 24.7. The number of benzene rings is 1. The third kappa shape index (κ3) is 3.21. The van der Waals surface area contributed by atoms with Gasteiger partial charge >= 0.3 is 0 Å². The summed E-state index contributed by atoms with van der Waals surface area (Å²) >= 11 is 1.72. The highest BCUT2D eigenvalue weighted by Gasteiger charge is 2.33. The van der Waals surface area contributed by atoms with Crippen molar-refractivity contribution in [3.8, 4) is 0 Å². The Bertz CT molecular complexity index is 518. The van der Waals surface area contributed by atoms with E-state index in [9.17, 15) is 13.6 Å². The third-order valence-corrected chi connectivity index (χ3v) is 5.26. The average Bonchev–Trinajstić information content (AvgIpc) is 2.90. The molecule has 3 rings (SSSR count). The molecule has 1 atom stereocenters. The van der Waals surface area contributed by atoms with Gasteiger partial charge in [0.2, 0.25) is 5.91 Å². The van der Waals surface area contributed by atoms with Gasteiger partial charge in [0.1, 0.15) is 0 Å². The molecule has 1 amide bonds. The summed E-state index contributed by atoms with van der Waals surface area (Å²) in [6, 6.07) is 8.02. The molecule has 0 aromatic heterocycles. The molecule has 0 N–H and O–H groups in total. The molecule has 0 bridgehead atoms. The zero-order chi connectivity index (χ0) is 14.8. The van der Waals surface area contributed by atoms with Crippen molar-refractivity contribution in [3.05, 3.63) is 29.8 Å². The monoisotopic (exact) mass is 312 g/mol. The highest BCUT2D eigenvalue weighted by atomic mass is 32.2. The van der Waals surface area contributed by atoms with Crippen LogP contribution >= 0.6 is 11.8 Å². The Morgan fingerprint density at radius 1 is 1.24 bits per heavy atom. The van der Waals surface area contributed by atoms with Crippen LogP contribution in [0.2, 0.25) is 0 Å². The van der Waals surface area contributed by atoms with Gasteiger partial charge in [0.25, 0.3) is 6.43 Å². The van der Waals surface area contributed by atoms with E-state index >= 15 is 0 Å². The summed E-state index contributed by atoms with van der Waals surface area (Å²) in [7, 11) is 0. The molecule has 114 valence electrons. The number of piperazine rings is 1. The van der Waals surface area contributed by atoms with Crippen LogP contribution in [0.5, 0.6) is 0 Å². The van der Waals surface area contributed by atoms with Gasteiger partial charge in [-0.25, -0.2) is 8.78 Å². The summed E-state index contributed by atoms with van der Waals surface area (Å²) in [5, 5.41) is 0. The predicted molar refractivity (Wildman–Crippen MR) is 78.9 cm³/mol. The highest BCUT2D eigenvalue weighted by Crippen LogP contribution is 2.40. The third-order valence-electron chi connectivity index (χ3n) is 4.08. The Kier molecular flexibility index (Phi) is 4.45. The average molecular weight is 312 g/mol. The fourth-order valence-electron chi connectivity index (χ4n) is 2.93. The second-order valence-electron chi connectivity index (χ2n) is 5.42. The Balaban J connectivity index is 1.61. The quantitative estimate of drug-likeness (QED) is 0.855. The lowest BCUT2D eigenvalue weighted by Crippen LogP contribution is -2.50. The van der Waals surface area contributed by atoms with Crippen molar-refractivity contribution in [2.75, 3.05) is 38.5 Å². The summed E-state index contributed by atoms with van der Waals surface area (Å²) in [6.07, 6.45) is -2.30. The van der Waals surface area contributed by atoms with Gasteiger partial charge in [0.05, 0.1) is 12.5 Å². The van der Waals surface area contributed by atoms with Crippen molar-refractivity contribution in [2.45, 2.75) is 17.2 Å². The Hall–Kier alpha value is -1.14. The minimum Gasteiger partial charge on any atom is -0.340 e. The van der Waals surface area contributed by atoms with E-state index in [0.717, 1.165) is 11.3 Å². The Labute approximate surface area is 127 Å². The van der Waals surface area contributed by atoms with Crippen molar-refractivity contribution >= 4 is 17.7 Å². The van der Waals surface area contributed by atoms with E-state index in [1.807, 2.05) is 29.2 Å². The number of amides is 1. The molecule has 0 saturated carbocycles. The van der Waals surface area contributed by atoms with Gasteiger partial charge in [0, 0.05) is 36.8 Å². The van der Waals surface area contributed by atoms with E-state index in [0.29, 0.717) is 26.2 Å². The number of thioether (sulfide) groups is 1. The first-order valence-corrected chi connectivity index (χ1v) is 8.14. The molecule has 1 aromatic rings. The topological polar surface area (TPSA) is 23.6 Å². The van der Waals surface area contributed by atoms with Crippen LogP contribution in [0, 0.1) is 0 Å². The first-order chi connectivity index (χ1) is 10.1. The van der Waals surface area contributed by atoms with Gasteiger partial charge in [-0.1, -0.05) is 18.2 Å². The number of carbonyl (C=O) groups excluding carboxylic acids is 1. The van der Waals surface area contributed by atoms with Gasteiger partial charge < -0.3 is 4.90 Å². The van der Waals surface area contributed by atoms with Crippen LogP contribution in [0.1, 0.15) is 11.5 Å². The molecule has 0 aliphatic carbocycles. The molecule has 1 unspecified atom stereocenters. The maximum atomic E-state index is 12.6. The lowest BCUT2D eigenvalue weighted by molar-refractivity contribution is -0.134. The van der Waals surface area contributed by atoms with Crippen LogP contribution in [-0.4, -0.2) is 60.6 Å². The van der Waals surface area contributed by atoms with Crippen molar-refractivity contribution in [3.63, 3.8) is 0 Å². The minimum atomic E-state index is -2.30. The molecule has 2 aliphatic heterocycles. The molecular formula is C15H18F2N2OS. The first kappa shape index (κ1) is 14.8. The lowest BCUT2D eigenvalue weighted by atomic mass is 9.99. The molecule has 2 heterocycles. The normalized spacial score (nSPS) is 22.6. The lowest BCUT2D eigenvalue weighted by Gasteiger charge is -2.35. The van der Waals surface area contributed by atoms with Crippen LogP contribution < -0.4 is 0 Å². The molecule has 3 nitrogen and oxygen atoms in total. The number of halogens is 2. The molecule has 1 aromatic carbocycles. The van der Waals surface area contributed by atoms with E-state index in [1.54, 1.807) is 16.7 Å². The van der Waals surface area contributed by atoms with Gasteiger partial charge in [-0.2, -0.15) is 0 Å². The first-order valence-electron chi connectivity index (χ1n) is 7.16. The highest BCUT2D eigenvalue weighted by molar-refractivity contribution is 7.99. The van der Waals surface area contributed by atoms with Crippen LogP contribution in [0.4, 0.5) is 8.78 Å². The Morgan fingerprint density at radius 3 is 2.67 bits per heavy atom. The van der Waals surface area contributed by atoms with Gasteiger partial charge in [-0.05, 0) is 11.6 Å². The summed E-state index contributed by atoms with van der Waals surface area (Å²) in [6.45, 7) is 1.99. The van der Waals surface area contributed by atoms with Crippen molar-refractivity contribution in [1.29, 1.82) is 0 Å².